The largest absolute Gasteiger partial charge is 0.361 e. The van der Waals surface area contributed by atoms with Crippen LogP contribution in [-0.2, 0) is 11.2 Å². The van der Waals surface area contributed by atoms with E-state index in [1.165, 1.54) is 0 Å². The van der Waals surface area contributed by atoms with E-state index in [1.807, 2.05) is 30.3 Å². The number of rotatable bonds is 7. The minimum atomic E-state index is -0.310. The Morgan fingerprint density at radius 2 is 1.86 bits per heavy atom. The third-order valence-electron chi connectivity index (χ3n) is 3.08. The quantitative estimate of drug-likeness (QED) is 0.758. The van der Waals surface area contributed by atoms with Gasteiger partial charge in [-0.15, -0.1) is 0 Å². The zero-order chi connectivity index (χ0) is 15.8. The van der Waals surface area contributed by atoms with Gasteiger partial charge in [-0.1, -0.05) is 35.5 Å². The molecule has 0 bridgehead atoms. The van der Waals surface area contributed by atoms with E-state index in [2.05, 4.69) is 15.8 Å². The minimum absolute atomic E-state index is 0.0321. The molecule has 2 N–H and O–H groups in total. The van der Waals surface area contributed by atoms with Crippen LogP contribution >= 0.6 is 0 Å². The molecule has 0 aliphatic carbocycles. The molecule has 1 aromatic heterocycles. The Morgan fingerprint density at radius 3 is 2.55 bits per heavy atom. The van der Waals surface area contributed by atoms with E-state index in [0.29, 0.717) is 31.7 Å². The number of carbonyl (C=O) groups is 2. The molecule has 0 unspecified atom stereocenters. The maximum atomic E-state index is 11.7. The first-order valence-electron chi connectivity index (χ1n) is 7.17. The van der Waals surface area contributed by atoms with Gasteiger partial charge in [0.25, 0.3) is 5.91 Å². The van der Waals surface area contributed by atoms with Crippen molar-refractivity contribution in [2.24, 2.45) is 0 Å². The van der Waals surface area contributed by atoms with Crippen molar-refractivity contribution in [1.82, 2.24) is 15.8 Å². The Kier molecular flexibility index (Phi) is 5.71. The van der Waals surface area contributed by atoms with Crippen LogP contribution in [0.5, 0.6) is 0 Å². The second-order valence-corrected chi connectivity index (χ2v) is 4.91. The summed E-state index contributed by atoms with van der Waals surface area (Å²) in [6.07, 6.45) is 1.14. The molecular weight excluding hydrogens is 282 g/mol. The summed E-state index contributed by atoms with van der Waals surface area (Å²) < 4.78 is 4.82. The van der Waals surface area contributed by atoms with Crippen LogP contribution < -0.4 is 10.6 Å². The first kappa shape index (κ1) is 15.8. The van der Waals surface area contributed by atoms with Crippen molar-refractivity contribution < 1.29 is 14.1 Å². The van der Waals surface area contributed by atoms with Crippen molar-refractivity contribution >= 4 is 11.8 Å². The lowest BCUT2D eigenvalue weighted by molar-refractivity contribution is -0.121. The van der Waals surface area contributed by atoms with Crippen molar-refractivity contribution in [2.45, 2.75) is 19.8 Å². The van der Waals surface area contributed by atoms with Gasteiger partial charge in [-0.25, -0.2) is 0 Å². The fraction of sp³-hybridized carbons (Fsp3) is 0.312. The number of hydrogen-bond donors (Lipinski definition) is 2. The number of benzene rings is 1. The van der Waals surface area contributed by atoms with Gasteiger partial charge in [0.15, 0.2) is 5.69 Å². The molecule has 0 saturated heterocycles. The number of carbonyl (C=O) groups excluding carboxylic acids is 2. The third-order valence-corrected chi connectivity index (χ3v) is 3.08. The third kappa shape index (κ3) is 5.05. The van der Waals surface area contributed by atoms with Gasteiger partial charge in [-0.3, -0.25) is 9.59 Å². The average Bonchev–Trinajstić information content (AvgIpc) is 2.97. The molecule has 0 atom stereocenters. The Labute approximate surface area is 128 Å². The van der Waals surface area contributed by atoms with Crippen LogP contribution in [0.2, 0.25) is 0 Å². The van der Waals surface area contributed by atoms with Crippen LogP contribution in [0.3, 0.4) is 0 Å². The molecule has 0 radical (unpaired) electrons. The maximum Gasteiger partial charge on any atom is 0.273 e. The van der Waals surface area contributed by atoms with E-state index in [4.69, 9.17) is 4.52 Å². The molecule has 1 heterocycles. The van der Waals surface area contributed by atoms with Gasteiger partial charge in [0.05, 0.1) is 0 Å². The Hall–Kier alpha value is -2.63. The molecule has 116 valence electrons. The molecule has 0 spiro atoms. The van der Waals surface area contributed by atoms with Crippen molar-refractivity contribution in [3.63, 3.8) is 0 Å². The van der Waals surface area contributed by atoms with Crippen LogP contribution in [0, 0.1) is 6.92 Å². The lowest BCUT2D eigenvalue weighted by Crippen LogP contribution is -2.34. The van der Waals surface area contributed by atoms with Crippen LogP contribution in [0.15, 0.2) is 40.9 Å². The predicted octanol–water partition coefficient (Wildman–Crippen LogP) is 1.46. The van der Waals surface area contributed by atoms with Gasteiger partial charge in [0.1, 0.15) is 5.76 Å². The highest BCUT2D eigenvalue weighted by Crippen LogP contribution is 2.02. The number of nitrogens with one attached hydrogen (secondary N) is 2. The molecule has 2 rings (SSSR count). The summed E-state index contributed by atoms with van der Waals surface area (Å²) in [5.41, 5.74) is 1.38. The van der Waals surface area contributed by atoms with E-state index in [-0.39, 0.29) is 17.5 Å². The van der Waals surface area contributed by atoms with E-state index < -0.39 is 0 Å². The number of aryl methyl sites for hydroxylation is 2. The highest BCUT2D eigenvalue weighted by Gasteiger charge is 2.10. The topological polar surface area (TPSA) is 84.2 Å². The Bertz CT molecular complexity index is 623. The number of aromatic nitrogens is 1. The lowest BCUT2D eigenvalue weighted by Gasteiger charge is -2.06. The molecule has 0 fully saturated rings. The van der Waals surface area contributed by atoms with Crippen LogP contribution in [0.25, 0.3) is 0 Å². The van der Waals surface area contributed by atoms with E-state index in [9.17, 15) is 9.59 Å². The smallest absolute Gasteiger partial charge is 0.273 e. The average molecular weight is 301 g/mol. The molecule has 6 heteroatoms. The minimum Gasteiger partial charge on any atom is -0.361 e. The standard InChI is InChI=1S/C16H19N3O3/c1-12-11-14(19-22-12)16(21)18-10-9-17-15(20)8-7-13-5-3-2-4-6-13/h2-6,11H,7-10H2,1H3,(H,17,20)(H,18,21). The molecule has 1 aromatic carbocycles. The molecule has 0 aliphatic rings. The van der Waals surface area contributed by atoms with Crippen molar-refractivity contribution in [3.8, 4) is 0 Å². The zero-order valence-corrected chi connectivity index (χ0v) is 12.5. The summed E-state index contributed by atoms with van der Waals surface area (Å²) in [5.74, 6) is 0.241. The Balaban J connectivity index is 1.60. The second-order valence-electron chi connectivity index (χ2n) is 4.91. The van der Waals surface area contributed by atoms with E-state index in [0.717, 1.165) is 5.56 Å². The highest BCUT2D eigenvalue weighted by molar-refractivity contribution is 5.92. The second kappa shape index (κ2) is 7.97. The van der Waals surface area contributed by atoms with Gasteiger partial charge >= 0.3 is 0 Å². The lowest BCUT2D eigenvalue weighted by atomic mass is 10.1. The molecule has 0 saturated carbocycles. The summed E-state index contributed by atoms with van der Waals surface area (Å²) in [7, 11) is 0. The fourth-order valence-electron chi connectivity index (χ4n) is 1.93. The molecule has 22 heavy (non-hydrogen) atoms. The van der Waals surface area contributed by atoms with Gasteiger partial charge < -0.3 is 15.2 Å². The molecule has 6 nitrogen and oxygen atoms in total. The molecule has 2 aromatic rings. The zero-order valence-electron chi connectivity index (χ0n) is 12.5. The number of amides is 2. The summed E-state index contributed by atoms with van der Waals surface area (Å²) in [5, 5.41) is 9.05. The molecule has 2 amide bonds. The fourth-order valence-corrected chi connectivity index (χ4v) is 1.93. The Morgan fingerprint density at radius 1 is 1.14 bits per heavy atom. The van der Waals surface area contributed by atoms with Crippen LogP contribution in [0.1, 0.15) is 28.2 Å². The summed E-state index contributed by atoms with van der Waals surface area (Å²) in [6.45, 7) is 2.45. The first-order valence-corrected chi connectivity index (χ1v) is 7.17. The SMILES string of the molecule is Cc1cc(C(=O)NCCNC(=O)CCc2ccccc2)no1. The van der Waals surface area contributed by atoms with Gasteiger partial charge in [-0.05, 0) is 18.9 Å². The number of hydrogen-bond acceptors (Lipinski definition) is 4. The monoisotopic (exact) mass is 301 g/mol. The van der Waals surface area contributed by atoms with E-state index >= 15 is 0 Å². The van der Waals surface area contributed by atoms with Gasteiger partial charge in [-0.2, -0.15) is 0 Å². The predicted molar refractivity (Wildman–Crippen MR) is 81.3 cm³/mol. The van der Waals surface area contributed by atoms with E-state index in [1.54, 1.807) is 13.0 Å². The summed E-state index contributed by atoms with van der Waals surface area (Å²) in [6, 6.07) is 11.4. The normalized spacial score (nSPS) is 10.2. The summed E-state index contributed by atoms with van der Waals surface area (Å²) >= 11 is 0. The van der Waals surface area contributed by atoms with Crippen molar-refractivity contribution in [2.75, 3.05) is 13.1 Å². The van der Waals surface area contributed by atoms with Crippen LogP contribution in [0.4, 0.5) is 0 Å². The maximum absolute atomic E-state index is 11.7. The first-order chi connectivity index (χ1) is 10.6. The van der Waals surface area contributed by atoms with Crippen molar-refractivity contribution in [3.05, 3.63) is 53.4 Å². The van der Waals surface area contributed by atoms with Crippen LogP contribution in [-0.4, -0.2) is 30.1 Å². The van der Waals surface area contributed by atoms with Crippen molar-refractivity contribution in [1.29, 1.82) is 0 Å². The summed E-state index contributed by atoms with van der Waals surface area (Å²) in [4.78, 5) is 23.4. The number of nitrogens with zero attached hydrogens (tertiary/aromatic N) is 1. The highest BCUT2D eigenvalue weighted by atomic mass is 16.5. The van der Waals surface area contributed by atoms with Gasteiger partial charge in [0.2, 0.25) is 5.91 Å². The van der Waals surface area contributed by atoms with Gasteiger partial charge in [0, 0.05) is 25.6 Å². The molecular formula is C16H19N3O3. The molecule has 0 aliphatic heterocycles.